The molecule has 0 spiro atoms. The second-order valence-corrected chi connectivity index (χ2v) is 3.85. The van der Waals surface area contributed by atoms with Crippen LogP contribution < -0.4 is 15.4 Å². The van der Waals surface area contributed by atoms with Crippen molar-refractivity contribution in [3.63, 3.8) is 0 Å². The summed E-state index contributed by atoms with van der Waals surface area (Å²) in [6, 6.07) is 2.71. The predicted octanol–water partition coefficient (Wildman–Crippen LogP) is 0.216. The van der Waals surface area contributed by atoms with Gasteiger partial charge in [0.05, 0.1) is 17.6 Å². The van der Waals surface area contributed by atoms with E-state index >= 15 is 0 Å². The molecular weight excluding hydrogens is 298 g/mol. The van der Waals surface area contributed by atoms with E-state index in [1.165, 1.54) is 26.3 Å². The van der Waals surface area contributed by atoms with Gasteiger partial charge in [0.25, 0.3) is 5.91 Å². The summed E-state index contributed by atoms with van der Waals surface area (Å²) in [5.74, 6) is -1.80. The monoisotopic (exact) mass is 311 g/mol. The molecule has 0 saturated heterocycles. The maximum Gasteiger partial charge on any atom is 0.338 e. The summed E-state index contributed by atoms with van der Waals surface area (Å²) in [6.45, 7) is -0.702. The number of nitrogens with one attached hydrogen (secondary N) is 2. The van der Waals surface area contributed by atoms with Gasteiger partial charge in [-0.15, -0.1) is 0 Å². The third-order valence-corrected chi connectivity index (χ3v) is 2.43. The van der Waals surface area contributed by atoms with Crippen molar-refractivity contribution in [3.8, 4) is 5.75 Å². The number of ether oxygens (including phenoxy) is 2. The Labute approximate surface area is 124 Å². The molecule has 118 valence electrons. The van der Waals surface area contributed by atoms with E-state index in [9.17, 15) is 24.5 Å². The highest BCUT2D eigenvalue weighted by atomic mass is 16.6. The highest BCUT2D eigenvalue weighted by Gasteiger charge is 2.19. The van der Waals surface area contributed by atoms with Gasteiger partial charge in [-0.05, 0) is 12.1 Å². The number of nitro groups is 1. The molecule has 0 aliphatic rings. The van der Waals surface area contributed by atoms with Crippen molar-refractivity contribution in [1.82, 2.24) is 10.6 Å². The maximum atomic E-state index is 11.7. The Morgan fingerprint density at radius 1 is 1.32 bits per heavy atom. The molecule has 0 aliphatic carbocycles. The lowest BCUT2D eigenvalue weighted by molar-refractivity contribution is -0.385. The standard InChI is InChI=1S/C12H13N3O7/c1-13-12(18)14-10(16)6-22-11(17)7-3-4-9(21-2)8(5-7)15(19)20/h3-5H,6H2,1-2H3,(H2,13,14,16,18). The van der Waals surface area contributed by atoms with Gasteiger partial charge in [0, 0.05) is 13.1 Å². The minimum Gasteiger partial charge on any atom is -0.490 e. The van der Waals surface area contributed by atoms with Gasteiger partial charge < -0.3 is 14.8 Å². The maximum absolute atomic E-state index is 11.7. The number of imide groups is 1. The first-order chi connectivity index (χ1) is 10.4. The van der Waals surface area contributed by atoms with E-state index < -0.39 is 35.1 Å². The Bertz CT molecular complexity index is 615. The molecule has 0 bridgehead atoms. The Morgan fingerprint density at radius 3 is 2.55 bits per heavy atom. The first-order valence-electron chi connectivity index (χ1n) is 5.90. The van der Waals surface area contributed by atoms with Gasteiger partial charge in [-0.3, -0.25) is 20.2 Å². The summed E-state index contributed by atoms with van der Waals surface area (Å²) in [7, 11) is 2.56. The SMILES string of the molecule is CNC(=O)NC(=O)COC(=O)c1ccc(OC)c([N+](=O)[O-])c1. The lowest BCUT2D eigenvalue weighted by Crippen LogP contribution is -2.39. The summed E-state index contributed by atoms with van der Waals surface area (Å²) < 4.78 is 9.44. The third kappa shape index (κ3) is 4.44. The quantitative estimate of drug-likeness (QED) is 0.450. The van der Waals surface area contributed by atoms with Gasteiger partial charge in [-0.2, -0.15) is 0 Å². The number of rotatable bonds is 5. The zero-order valence-electron chi connectivity index (χ0n) is 11.7. The third-order valence-electron chi connectivity index (χ3n) is 2.43. The lowest BCUT2D eigenvalue weighted by atomic mass is 10.2. The van der Waals surface area contributed by atoms with Gasteiger partial charge in [0.1, 0.15) is 0 Å². The second-order valence-electron chi connectivity index (χ2n) is 3.85. The van der Waals surface area contributed by atoms with Crippen molar-refractivity contribution in [3.05, 3.63) is 33.9 Å². The van der Waals surface area contributed by atoms with E-state index in [0.717, 1.165) is 6.07 Å². The Morgan fingerprint density at radius 2 is 2.00 bits per heavy atom. The average Bonchev–Trinajstić information content (AvgIpc) is 2.51. The van der Waals surface area contributed by atoms with Crippen LogP contribution in [0.5, 0.6) is 5.75 Å². The first-order valence-corrected chi connectivity index (χ1v) is 5.90. The fourth-order valence-electron chi connectivity index (χ4n) is 1.40. The highest BCUT2D eigenvalue weighted by molar-refractivity contribution is 5.97. The molecule has 0 radical (unpaired) electrons. The molecule has 0 unspecified atom stereocenters. The molecule has 0 atom stereocenters. The number of carbonyl (C=O) groups is 3. The zero-order chi connectivity index (χ0) is 16.7. The molecule has 10 heteroatoms. The Balaban J connectivity index is 2.74. The van der Waals surface area contributed by atoms with Crippen LogP contribution in [0.1, 0.15) is 10.4 Å². The van der Waals surface area contributed by atoms with Crippen LogP contribution in [0.2, 0.25) is 0 Å². The summed E-state index contributed by atoms with van der Waals surface area (Å²) in [5.41, 5.74) is -0.535. The number of amides is 3. The molecule has 10 nitrogen and oxygen atoms in total. The van der Waals surface area contributed by atoms with Crippen molar-refractivity contribution in [1.29, 1.82) is 0 Å². The van der Waals surface area contributed by atoms with Crippen molar-refractivity contribution >= 4 is 23.6 Å². The predicted molar refractivity (Wildman–Crippen MR) is 72.5 cm³/mol. The minimum atomic E-state index is -0.946. The number of carbonyl (C=O) groups excluding carboxylic acids is 3. The average molecular weight is 311 g/mol. The zero-order valence-corrected chi connectivity index (χ0v) is 11.7. The number of nitro benzene ring substituents is 1. The van der Waals surface area contributed by atoms with Gasteiger partial charge in [0.2, 0.25) is 0 Å². The molecule has 0 aromatic heterocycles. The van der Waals surface area contributed by atoms with E-state index in [-0.39, 0.29) is 11.3 Å². The second kappa shape index (κ2) is 7.57. The van der Waals surface area contributed by atoms with Crippen LogP contribution in [0.3, 0.4) is 0 Å². The molecule has 22 heavy (non-hydrogen) atoms. The summed E-state index contributed by atoms with van der Waals surface area (Å²) in [5, 5.41) is 14.9. The highest BCUT2D eigenvalue weighted by Crippen LogP contribution is 2.27. The van der Waals surface area contributed by atoms with Crippen molar-refractivity contribution in [2.75, 3.05) is 20.8 Å². The molecule has 0 saturated carbocycles. The summed E-state index contributed by atoms with van der Waals surface area (Å²) in [4.78, 5) is 43.9. The fourth-order valence-corrected chi connectivity index (χ4v) is 1.40. The molecular formula is C12H13N3O7. The number of hydrogen-bond acceptors (Lipinski definition) is 7. The number of benzene rings is 1. The van der Waals surface area contributed by atoms with Crippen LogP contribution in [0.4, 0.5) is 10.5 Å². The van der Waals surface area contributed by atoms with Gasteiger partial charge in [-0.25, -0.2) is 9.59 Å². The fraction of sp³-hybridized carbons (Fsp3) is 0.250. The molecule has 3 amide bonds. The van der Waals surface area contributed by atoms with Crippen LogP contribution in [-0.2, 0) is 9.53 Å². The largest absolute Gasteiger partial charge is 0.490 e. The van der Waals surface area contributed by atoms with Crippen LogP contribution in [0, 0.1) is 10.1 Å². The van der Waals surface area contributed by atoms with Gasteiger partial charge >= 0.3 is 17.7 Å². The number of methoxy groups -OCH3 is 1. The van der Waals surface area contributed by atoms with Crippen LogP contribution in [0.25, 0.3) is 0 Å². The molecule has 1 aromatic carbocycles. The Kier molecular flexibility index (Phi) is 5.81. The number of nitrogens with zero attached hydrogens (tertiary/aromatic N) is 1. The summed E-state index contributed by atoms with van der Waals surface area (Å²) in [6.07, 6.45) is 0. The van der Waals surface area contributed by atoms with Gasteiger partial charge in [-0.1, -0.05) is 0 Å². The molecule has 1 aromatic rings. The van der Waals surface area contributed by atoms with Crippen LogP contribution >= 0.6 is 0 Å². The molecule has 0 heterocycles. The first kappa shape index (κ1) is 16.9. The number of hydrogen-bond donors (Lipinski definition) is 2. The Hall–Kier alpha value is -3.17. The van der Waals surface area contributed by atoms with E-state index in [2.05, 4.69) is 10.1 Å². The van der Waals surface area contributed by atoms with Crippen molar-refractivity contribution in [2.24, 2.45) is 0 Å². The molecule has 0 fully saturated rings. The van der Waals surface area contributed by atoms with Gasteiger partial charge in [0.15, 0.2) is 12.4 Å². The van der Waals surface area contributed by atoms with E-state index in [4.69, 9.17) is 4.74 Å². The summed E-state index contributed by atoms with van der Waals surface area (Å²) >= 11 is 0. The normalized spacial score (nSPS) is 9.55. The molecule has 1 rings (SSSR count). The van der Waals surface area contributed by atoms with Crippen molar-refractivity contribution < 1.29 is 28.8 Å². The van der Waals surface area contributed by atoms with Crippen molar-refractivity contribution in [2.45, 2.75) is 0 Å². The molecule has 0 aliphatic heterocycles. The van der Waals surface area contributed by atoms with Crippen LogP contribution in [-0.4, -0.2) is 43.6 Å². The number of urea groups is 1. The number of esters is 1. The minimum absolute atomic E-state index is 0.0149. The van der Waals surface area contributed by atoms with E-state index in [0.29, 0.717) is 0 Å². The van der Waals surface area contributed by atoms with E-state index in [1.807, 2.05) is 5.32 Å². The smallest absolute Gasteiger partial charge is 0.338 e. The lowest BCUT2D eigenvalue weighted by Gasteiger charge is -2.06. The topological polar surface area (TPSA) is 137 Å². The van der Waals surface area contributed by atoms with E-state index in [1.54, 1.807) is 0 Å². The van der Waals surface area contributed by atoms with Crippen LogP contribution in [0.15, 0.2) is 18.2 Å². The molecule has 2 N–H and O–H groups in total.